The number of benzene rings is 1. The Morgan fingerprint density at radius 2 is 1.95 bits per heavy atom. The summed E-state index contributed by atoms with van der Waals surface area (Å²) in [6.45, 7) is 3.41. The van der Waals surface area contributed by atoms with Crippen LogP contribution in [0.15, 0.2) is 29.2 Å². The van der Waals surface area contributed by atoms with E-state index < -0.39 is 10.0 Å². The predicted molar refractivity (Wildman–Crippen MR) is 83.1 cm³/mol. The number of rotatable bonds is 3. The summed E-state index contributed by atoms with van der Waals surface area (Å²) in [6.07, 6.45) is 0. The van der Waals surface area contributed by atoms with Gasteiger partial charge in [0.15, 0.2) is 5.13 Å². The fourth-order valence-electron chi connectivity index (χ4n) is 2.22. The van der Waals surface area contributed by atoms with Crippen LogP contribution in [0.3, 0.4) is 0 Å². The van der Waals surface area contributed by atoms with Gasteiger partial charge in [-0.1, -0.05) is 23.5 Å². The van der Waals surface area contributed by atoms with Crippen molar-refractivity contribution in [2.24, 2.45) is 7.05 Å². The Morgan fingerprint density at radius 3 is 2.57 bits per heavy atom. The SMILES string of the molecule is Cc1nn(C)c(C)c1S(=O)(=O)Nc1nc2ccccc2s1. The van der Waals surface area contributed by atoms with Crippen LogP contribution in [0.2, 0.25) is 0 Å². The minimum absolute atomic E-state index is 0.212. The fourth-order valence-corrected chi connectivity index (χ4v) is 4.77. The second-order valence-electron chi connectivity index (χ2n) is 4.72. The Bertz CT molecular complexity index is 892. The molecule has 6 nitrogen and oxygen atoms in total. The molecule has 0 radical (unpaired) electrons. The molecule has 1 N–H and O–H groups in total. The number of hydrogen-bond donors (Lipinski definition) is 1. The van der Waals surface area contributed by atoms with Crippen molar-refractivity contribution in [3.8, 4) is 0 Å². The lowest BCUT2D eigenvalue weighted by molar-refractivity contribution is 0.599. The van der Waals surface area contributed by atoms with Gasteiger partial charge in [0.1, 0.15) is 4.90 Å². The highest BCUT2D eigenvalue weighted by molar-refractivity contribution is 7.93. The highest BCUT2D eigenvalue weighted by Crippen LogP contribution is 2.28. The van der Waals surface area contributed by atoms with E-state index in [2.05, 4.69) is 14.8 Å². The number of nitrogens with zero attached hydrogens (tertiary/aromatic N) is 3. The molecule has 0 amide bonds. The average molecular weight is 322 g/mol. The lowest BCUT2D eigenvalue weighted by Gasteiger charge is -2.05. The fraction of sp³-hybridized carbons (Fsp3) is 0.231. The van der Waals surface area contributed by atoms with Crippen molar-refractivity contribution in [1.29, 1.82) is 0 Å². The van der Waals surface area contributed by atoms with E-state index >= 15 is 0 Å². The van der Waals surface area contributed by atoms with Crippen LogP contribution in [0.25, 0.3) is 10.2 Å². The third-order valence-corrected chi connectivity index (χ3v) is 5.90. The van der Waals surface area contributed by atoms with Crippen LogP contribution >= 0.6 is 11.3 Å². The summed E-state index contributed by atoms with van der Waals surface area (Å²) >= 11 is 1.31. The first-order valence-electron chi connectivity index (χ1n) is 6.27. The van der Waals surface area contributed by atoms with Gasteiger partial charge in [0.25, 0.3) is 10.0 Å². The molecule has 8 heteroatoms. The van der Waals surface area contributed by atoms with E-state index in [1.165, 1.54) is 11.3 Å². The first-order chi connectivity index (χ1) is 9.88. The molecule has 0 aliphatic carbocycles. The maximum absolute atomic E-state index is 12.5. The van der Waals surface area contributed by atoms with Crippen LogP contribution in [0.5, 0.6) is 0 Å². The van der Waals surface area contributed by atoms with Crippen molar-refractivity contribution in [3.05, 3.63) is 35.7 Å². The number of nitrogens with one attached hydrogen (secondary N) is 1. The summed E-state index contributed by atoms with van der Waals surface area (Å²) in [5.41, 5.74) is 1.85. The number of thiazole rings is 1. The summed E-state index contributed by atoms with van der Waals surface area (Å²) in [5.74, 6) is 0. The topological polar surface area (TPSA) is 76.9 Å². The van der Waals surface area contributed by atoms with Gasteiger partial charge in [-0.15, -0.1) is 0 Å². The van der Waals surface area contributed by atoms with Crippen LogP contribution < -0.4 is 4.72 Å². The zero-order valence-corrected chi connectivity index (χ0v) is 13.4. The first-order valence-corrected chi connectivity index (χ1v) is 8.57. The third kappa shape index (κ3) is 2.40. The van der Waals surface area contributed by atoms with Crippen molar-refractivity contribution >= 4 is 36.7 Å². The minimum Gasteiger partial charge on any atom is -0.271 e. The van der Waals surface area contributed by atoms with E-state index in [-0.39, 0.29) is 4.90 Å². The van der Waals surface area contributed by atoms with Crippen LogP contribution in [-0.2, 0) is 17.1 Å². The molecule has 0 saturated heterocycles. The van der Waals surface area contributed by atoms with Gasteiger partial charge in [-0.2, -0.15) is 5.10 Å². The van der Waals surface area contributed by atoms with Gasteiger partial charge >= 0.3 is 0 Å². The van der Waals surface area contributed by atoms with E-state index in [4.69, 9.17) is 0 Å². The maximum atomic E-state index is 12.5. The molecule has 1 aromatic carbocycles. The number of hydrogen-bond acceptors (Lipinski definition) is 5. The summed E-state index contributed by atoms with van der Waals surface area (Å²) in [7, 11) is -1.97. The van der Waals surface area contributed by atoms with E-state index in [0.29, 0.717) is 16.5 Å². The molecule has 0 spiro atoms. The zero-order valence-electron chi connectivity index (χ0n) is 11.8. The molecule has 2 aromatic heterocycles. The van der Waals surface area contributed by atoms with Gasteiger partial charge in [-0.3, -0.25) is 9.40 Å². The molecule has 0 atom stereocenters. The average Bonchev–Trinajstić information content (AvgIpc) is 2.89. The van der Waals surface area contributed by atoms with Gasteiger partial charge in [0.2, 0.25) is 0 Å². The largest absolute Gasteiger partial charge is 0.271 e. The highest BCUT2D eigenvalue weighted by Gasteiger charge is 2.24. The standard InChI is InChI=1S/C13H14N4O2S2/c1-8-12(9(2)17(3)15-8)21(18,19)16-13-14-10-6-4-5-7-11(10)20-13/h4-7H,1-3H3,(H,14,16). The van der Waals surface area contributed by atoms with Gasteiger partial charge < -0.3 is 0 Å². The molecule has 2 heterocycles. The van der Waals surface area contributed by atoms with Gasteiger partial charge in [-0.25, -0.2) is 13.4 Å². The summed E-state index contributed by atoms with van der Waals surface area (Å²) in [6, 6.07) is 7.53. The Labute approximate surface area is 126 Å². The van der Waals surface area contributed by atoms with Crippen molar-refractivity contribution in [3.63, 3.8) is 0 Å². The summed E-state index contributed by atoms with van der Waals surface area (Å²) in [5, 5.41) is 4.50. The molecule has 3 rings (SSSR count). The molecular formula is C13H14N4O2S2. The third-order valence-electron chi connectivity index (χ3n) is 3.23. The second-order valence-corrected chi connectivity index (χ2v) is 7.37. The quantitative estimate of drug-likeness (QED) is 0.803. The molecule has 0 aliphatic heterocycles. The number of aryl methyl sites for hydroxylation is 2. The Morgan fingerprint density at radius 1 is 1.24 bits per heavy atom. The second kappa shape index (κ2) is 4.81. The van der Waals surface area contributed by atoms with Crippen LogP contribution in [0.4, 0.5) is 5.13 Å². The van der Waals surface area contributed by atoms with Crippen molar-refractivity contribution in [1.82, 2.24) is 14.8 Å². The van der Waals surface area contributed by atoms with E-state index in [1.807, 2.05) is 24.3 Å². The monoisotopic (exact) mass is 322 g/mol. The molecule has 21 heavy (non-hydrogen) atoms. The van der Waals surface area contributed by atoms with Crippen molar-refractivity contribution in [2.75, 3.05) is 4.72 Å². The molecule has 0 bridgehead atoms. The number of para-hydroxylation sites is 1. The number of aromatic nitrogens is 3. The van der Waals surface area contributed by atoms with Crippen molar-refractivity contribution in [2.45, 2.75) is 18.7 Å². The van der Waals surface area contributed by atoms with E-state index in [0.717, 1.165) is 10.2 Å². The number of fused-ring (bicyclic) bond motifs is 1. The van der Waals surface area contributed by atoms with Crippen LogP contribution in [0, 0.1) is 13.8 Å². The van der Waals surface area contributed by atoms with Gasteiger partial charge in [0, 0.05) is 7.05 Å². The van der Waals surface area contributed by atoms with Gasteiger partial charge in [0.05, 0.1) is 21.6 Å². The minimum atomic E-state index is -3.69. The van der Waals surface area contributed by atoms with E-state index in [9.17, 15) is 8.42 Å². The Kier molecular flexibility index (Phi) is 3.22. The normalized spacial score (nSPS) is 12.0. The smallest absolute Gasteiger partial charge is 0.267 e. The lowest BCUT2D eigenvalue weighted by Crippen LogP contribution is -2.14. The first kappa shape index (κ1) is 14.0. The Balaban J connectivity index is 2.03. The number of anilines is 1. The van der Waals surface area contributed by atoms with Crippen LogP contribution in [-0.4, -0.2) is 23.2 Å². The lowest BCUT2D eigenvalue weighted by atomic mass is 10.3. The summed E-state index contributed by atoms with van der Waals surface area (Å²) in [4.78, 5) is 4.50. The predicted octanol–water partition coefficient (Wildman–Crippen LogP) is 2.45. The molecule has 110 valence electrons. The maximum Gasteiger partial charge on any atom is 0.267 e. The van der Waals surface area contributed by atoms with Gasteiger partial charge in [-0.05, 0) is 26.0 Å². The highest BCUT2D eigenvalue weighted by atomic mass is 32.2. The van der Waals surface area contributed by atoms with Crippen molar-refractivity contribution < 1.29 is 8.42 Å². The molecule has 3 aromatic rings. The zero-order chi connectivity index (χ0) is 15.2. The molecule has 0 saturated carbocycles. The molecule has 0 unspecified atom stereocenters. The molecule has 0 fully saturated rings. The Hall–Kier alpha value is -1.93. The summed E-state index contributed by atoms with van der Waals surface area (Å²) < 4.78 is 30.1. The number of sulfonamides is 1. The van der Waals surface area contributed by atoms with Crippen LogP contribution in [0.1, 0.15) is 11.4 Å². The van der Waals surface area contributed by atoms with E-state index in [1.54, 1.807) is 25.6 Å². The molecular weight excluding hydrogens is 308 g/mol. The molecule has 0 aliphatic rings.